The fourth-order valence-corrected chi connectivity index (χ4v) is 3.24. The molecule has 1 fully saturated rings. The number of nitrogens with one attached hydrogen (secondary N) is 2. The highest BCUT2D eigenvalue weighted by molar-refractivity contribution is 6.30. The number of alkyl carbamates (subject to hydrolysis) is 1. The first-order valence-corrected chi connectivity index (χ1v) is 9.98. The highest BCUT2D eigenvalue weighted by Gasteiger charge is 2.24. The van der Waals surface area contributed by atoms with Crippen LogP contribution >= 0.6 is 11.6 Å². The summed E-state index contributed by atoms with van der Waals surface area (Å²) in [5, 5.41) is 5.98. The summed E-state index contributed by atoms with van der Waals surface area (Å²) >= 11 is 5.82. The fraction of sp³-hybridized carbons (Fsp3) is 0.381. The second-order valence-corrected chi connectivity index (χ2v) is 7.33. The molecule has 0 aliphatic heterocycles. The molecule has 154 valence electrons. The van der Waals surface area contributed by atoms with Crippen molar-refractivity contribution in [2.75, 3.05) is 6.54 Å². The minimum Gasteiger partial charge on any atom is -0.474 e. The monoisotopic (exact) mass is 417 g/mol. The summed E-state index contributed by atoms with van der Waals surface area (Å²) in [4.78, 5) is 27.9. The van der Waals surface area contributed by atoms with Gasteiger partial charge < -0.3 is 20.1 Å². The molecule has 7 nitrogen and oxygen atoms in total. The summed E-state index contributed by atoms with van der Waals surface area (Å²) in [5.74, 6) is 0.325. The summed E-state index contributed by atoms with van der Waals surface area (Å²) < 4.78 is 10.9. The van der Waals surface area contributed by atoms with Gasteiger partial charge in [0.1, 0.15) is 19.3 Å². The third-order valence-electron chi connectivity index (χ3n) is 4.63. The predicted molar refractivity (Wildman–Crippen MR) is 109 cm³/mol. The van der Waals surface area contributed by atoms with Crippen LogP contribution in [0.25, 0.3) is 0 Å². The van der Waals surface area contributed by atoms with Crippen molar-refractivity contribution < 1.29 is 19.1 Å². The molecule has 2 N–H and O–H groups in total. The van der Waals surface area contributed by atoms with Crippen molar-refractivity contribution in [2.45, 2.75) is 44.4 Å². The number of amides is 2. The van der Waals surface area contributed by atoms with Crippen LogP contribution in [0, 0.1) is 0 Å². The molecule has 1 saturated carbocycles. The summed E-state index contributed by atoms with van der Waals surface area (Å²) in [6.45, 7) is 0.0551. The van der Waals surface area contributed by atoms with Gasteiger partial charge in [0.2, 0.25) is 11.8 Å². The van der Waals surface area contributed by atoms with Crippen LogP contribution in [0.3, 0.4) is 0 Å². The van der Waals surface area contributed by atoms with Gasteiger partial charge in [-0.2, -0.15) is 0 Å². The maximum atomic E-state index is 12.1. The molecule has 1 aromatic carbocycles. The van der Waals surface area contributed by atoms with Crippen LogP contribution in [0.4, 0.5) is 4.79 Å². The Morgan fingerprint density at radius 3 is 2.52 bits per heavy atom. The SMILES string of the molecule is O=C(CNC(=O)OCc1ccccc1)NC1CCC(Oc2ccc(Cl)cn2)CC1. The van der Waals surface area contributed by atoms with E-state index in [1.54, 1.807) is 18.3 Å². The van der Waals surface area contributed by atoms with Crippen molar-refractivity contribution in [2.24, 2.45) is 0 Å². The van der Waals surface area contributed by atoms with Gasteiger partial charge in [0.25, 0.3) is 0 Å². The number of halogens is 1. The van der Waals surface area contributed by atoms with E-state index in [1.807, 2.05) is 30.3 Å². The Morgan fingerprint density at radius 1 is 1.07 bits per heavy atom. The second kappa shape index (κ2) is 10.7. The highest BCUT2D eigenvalue weighted by Crippen LogP contribution is 2.23. The number of pyridine rings is 1. The zero-order valence-electron chi connectivity index (χ0n) is 16.0. The fourth-order valence-electron chi connectivity index (χ4n) is 3.13. The number of rotatable bonds is 7. The van der Waals surface area contributed by atoms with Crippen LogP contribution in [-0.2, 0) is 16.1 Å². The van der Waals surface area contributed by atoms with Gasteiger partial charge in [-0.1, -0.05) is 41.9 Å². The van der Waals surface area contributed by atoms with Gasteiger partial charge in [-0.05, 0) is 37.3 Å². The van der Waals surface area contributed by atoms with Gasteiger partial charge in [-0.3, -0.25) is 4.79 Å². The molecule has 0 atom stereocenters. The number of carbonyl (C=O) groups excluding carboxylic acids is 2. The molecule has 0 spiro atoms. The number of benzene rings is 1. The van der Waals surface area contributed by atoms with Crippen molar-refractivity contribution in [3.8, 4) is 5.88 Å². The number of nitrogens with zero attached hydrogens (tertiary/aromatic N) is 1. The normalized spacial score (nSPS) is 18.5. The molecule has 1 heterocycles. The maximum Gasteiger partial charge on any atom is 0.407 e. The molecule has 29 heavy (non-hydrogen) atoms. The molecule has 0 saturated heterocycles. The zero-order chi connectivity index (χ0) is 20.5. The average molecular weight is 418 g/mol. The van der Waals surface area contributed by atoms with E-state index in [0.29, 0.717) is 10.9 Å². The lowest BCUT2D eigenvalue weighted by Crippen LogP contribution is -2.44. The number of carbonyl (C=O) groups is 2. The molecule has 0 bridgehead atoms. The van der Waals surface area contributed by atoms with E-state index in [2.05, 4.69) is 15.6 Å². The summed E-state index contributed by atoms with van der Waals surface area (Å²) in [7, 11) is 0. The molecule has 8 heteroatoms. The maximum absolute atomic E-state index is 12.1. The Labute approximate surface area is 174 Å². The smallest absolute Gasteiger partial charge is 0.407 e. The Bertz CT molecular complexity index is 793. The van der Waals surface area contributed by atoms with Gasteiger partial charge in [0.15, 0.2) is 0 Å². The van der Waals surface area contributed by atoms with E-state index in [1.165, 1.54) is 0 Å². The van der Waals surface area contributed by atoms with Gasteiger partial charge in [0.05, 0.1) is 5.02 Å². The van der Waals surface area contributed by atoms with E-state index in [9.17, 15) is 9.59 Å². The zero-order valence-corrected chi connectivity index (χ0v) is 16.7. The summed E-state index contributed by atoms with van der Waals surface area (Å²) in [6.07, 6.45) is 4.27. The van der Waals surface area contributed by atoms with Gasteiger partial charge in [-0.15, -0.1) is 0 Å². The van der Waals surface area contributed by atoms with Crippen molar-refractivity contribution in [3.63, 3.8) is 0 Å². The van der Waals surface area contributed by atoms with Crippen molar-refractivity contribution >= 4 is 23.6 Å². The van der Waals surface area contributed by atoms with Crippen molar-refractivity contribution in [1.29, 1.82) is 0 Å². The molecule has 1 aliphatic rings. The molecule has 1 aliphatic carbocycles. The number of hydrogen-bond donors (Lipinski definition) is 2. The Kier molecular flexibility index (Phi) is 7.69. The Hall–Kier alpha value is -2.80. The molecule has 3 rings (SSSR count). The molecule has 0 radical (unpaired) electrons. The molecule has 2 amide bonds. The van der Waals surface area contributed by atoms with Crippen LogP contribution in [-0.4, -0.2) is 35.7 Å². The minimum atomic E-state index is -0.614. The largest absolute Gasteiger partial charge is 0.474 e. The van der Waals surface area contributed by atoms with Crippen LogP contribution < -0.4 is 15.4 Å². The van der Waals surface area contributed by atoms with Crippen LogP contribution in [0.1, 0.15) is 31.2 Å². The standard InChI is InChI=1S/C21H24ClN3O4/c22-16-6-11-20(23-12-16)29-18-9-7-17(8-10-18)25-19(26)13-24-21(27)28-14-15-4-2-1-3-5-15/h1-6,11-12,17-18H,7-10,13-14H2,(H,24,27)(H,25,26). The van der Waals surface area contributed by atoms with E-state index in [0.717, 1.165) is 31.2 Å². The van der Waals surface area contributed by atoms with E-state index < -0.39 is 6.09 Å². The Morgan fingerprint density at radius 2 is 1.83 bits per heavy atom. The van der Waals surface area contributed by atoms with Crippen LogP contribution in [0.2, 0.25) is 5.02 Å². The molecular weight excluding hydrogens is 394 g/mol. The number of hydrogen-bond acceptors (Lipinski definition) is 5. The lowest BCUT2D eigenvalue weighted by Gasteiger charge is -2.29. The van der Waals surface area contributed by atoms with Crippen molar-refractivity contribution in [3.05, 3.63) is 59.2 Å². The number of ether oxygens (including phenoxy) is 2. The van der Waals surface area contributed by atoms with Crippen LogP contribution in [0.15, 0.2) is 48.7 Å². The lowest BCUT2D eigenvalue weighted by molar-refractivity contribution is -0.121. The summed E-state index contributed by atoms with van der Waals surface area (Å²) in [5.41, 5.74) is 0.889. The lowest BCUT2D eigenvalue weighted by atomic mass is 9.93. The number of aromatic nitrogens is 1. The first kappa shape index (κ1) is 20.9. The topological polar surface area (TPSA) is 89.6 Å². The first-order valence-electron chi connectivity index (χ1n) is 9.60. The van der Waals surface area contributed by atoms with E-state index in [-0.39, 0.29) is 31.2 Å². The quantitative estimate of drug-likeness (QED) is 0.720. The third-order valence-corrected chi connectivity index (χ3v) is 4.86. The van der Waals surface area contributed by atoms with Gasteiger partial charge >= 0.3 is 6.09 Å². The summed E-state index contributed by atoms with van der Waals surface area (Å²) in [6, 6.07) is 12.9. The van der Waals surface area contributed by atoms with Crippen molar-refractivity contribution in [1.82, 2.24) is 15.6 Å². The minimum absolute atomic E-state index is 0.0719. The van der Waals surface area contributed by atoms with Gasteiger partial charge in [0, 0.05) is 18.3 Å². The van der Waals surface area contributed by atoms with E-state index in [4.69, 9.17) is 21.1 Å². The Balaban J connectivity index is 1.30. The van der Waals surface area contributed by atoms with Crippen LogP contribution in [0.5, 0.6) is 5.88 Å². The molecule has 2 aromatic rings. The highest BCUT2D eigenvalue weighted by atomic mass is 35.5. The second-order valence-electron chi connectivity index (χ2n) is 6.89. The molecule has 1 aromatic heterocycles. The molecule has 0 unspecified atom stereocenters. The van der Waals surface area contributed by atoms with E-state index >= 15 is 0 Å². The third kappa shape index (κ3) is 7.27. The molecular formula is C21H24ClN3O4. The predicted octanol–water partition coefficient (Wildman–Crippen LogP) is 3.47. The first-order chi connectivity index (χ1) is 14.1. The average Bonchev–Trinajstić information content (AvgIpc) is 2.74. The van der Waals surface area contributed by atoms with Gasteiger partial charge in [-0.25, -0.2) is 9.78 Å².